The topological polar surface area (TPSA) is 41.0 Å². The van der Waals surface area contributed by atoms with Gasteiger partial charge in [0, 0.05) is 24.5 Å². The number of rotatable bonds is 4. The SMILES string of the molecule is CCN(CC1CCCN1)c1cnnc2ccccc12. The molecule has 0 aliphatic carbocycles. The fraction of sp³-hybridized carbons (Fsp3) is 0.467. The van der Waals surface area contributed by atoms with E-state index in [2.05, 4.69) is 39.5 Å². The van der Waals surface area contributed by atoms with Gasteiger partial charge in [-0.2, -0.15) is 10.2 Å². The second kappa shape index (κ2) is 5.53. The minimum absolute atomic E-state index is 0.604. The molecule has 1 N–H and O–H groups in total. The molecule has 0 saturated carbocycles. The molecular weight excluding hydrogens is 236 g/mol. The van der Waals surface area contributed by atoms with Crippen LogP contribution in [0.5, 0.6) is 0 Å². The summed E-state index contributed by atoms with van der Waals surface area (Å²) >= 11 is 0. The van der Waals surface area contributed by atoms with Gasteiger partial charge in [-0.25, -0.2) is 0 Å². The summed E-state index contributed by atoms with van der Waals surface area (Å²) in [5.41, 5.74) is 2.17. The predicted molar refractivity (Wildman–Crippen MR) is 78.4 cm³/mol. The highest BCUT2D eigenvalue weighted by molar-refractivity contribution is 5.90. The van der Waals surface area contributed by atoms with E-state index in [0.717, 1.165) is 25.2 Å². The quantitative estimate of drug-likeness (QED) is 0.910. The first-order chi connectivity index (χ1) is 9.38. The molecule has 4 heteroatoms. The summed E-state index contributed by atoms with van der Waals surface area (Å²) in [5.74, 6) is 0. The first kappa shape index (κ1) is 12.4. The van der Waals surface area contributed by atoms with Crippen molar-refractivity contribution in [1.29, 1.82) is 0 Å². The number of hydrogen-bond acceptors (Lipinski definition) is 4. The summed E-state index contributed by atoms with van der Waals surface area (Å²) in [6.45, 7) is 5.39. The Hall–Kier alpha value is -1.68. The first-order valence-electron chi connectivity index (χ1n) is 7.07. The van der Waals surface area contributed by atoms with Crippen molar-refractivity contribution in [2.24, 2.45) is 0 Å². The summed E-state index contributed by atoms with van der Waals surface area (Å²) in [4.78, 5) is 2.40. The molecule has 2 heterocycles. The number of benzene rings is 1. The zero-order chi connectivity index (χ0) is 13.1. The van der Waals surface area contributed by atoms with Crippen LogP contribution in [0, 0.1) is 0 Å². The summed E-state index contributed by atoms with van der Waals surface area (Å²) in [6, 6.07) is 8.83. The molecule has 1 unspecified atom stereocenters. The Labute approximate surface area is 113 Å². The molecule has 1 aromatic carbocycles. The lowest BCUT2D eigenvalue weighted by Crippen LogP contribution is -2.37. The maximum atomic E-state index is 4.20. The molecule has 2 aromatic rings. The number of nitrogens with one attached hydrogen (secondary N) is 1. The van der Waals surface area contributed by atoms with Crippen LogP contribution in [-0.4, -0.2) is 35.9 Å². The lowest BCUT2D eigenvalue weighted by atomic mass is 10.1. The smallest absolute Gasteiger partial charge is 0.0950 e. The van der Waals surface area contributed by atoms with Crippen LogP contribution in [0.4, 0.5) is 5.69 Å². The third kappa shape index (κ3) is 2.54. The Balaban J connectivity index is 1.91. The normalized spacial score (nSPS) is 18.9. The average Bonchev–Trinajstić information content (AvgIpc) is 2.97. The molecule has 4 nitrogen and oxygen atoms in total. The molecule has 1 atom stereocenters. The highest BCUT2D eigenvalue weighted by atomic mass is 15.2. The maximum Gasteiger partial charge on any atom is 0.0950 e. The summed E-state index contributed by atoms with van der Waals surface area (Å²) in [6.07, 6.45) is 4.45. The van der Waals surface area contributed by atoms with Gasteiger partial charge in [-0.15, -0.1) is 0 Å². The number of aromatic nitrogens is 2. The van der Waals surface area contributed by atoms with Crippen LogP contribution in [0.1, 0.15) is 19.8 Å². The predicted octanol–water partition coefficient (Wildman–Crippen LogP) is 2.21. The molecule has 0 bridgehead atoms. The monoisotopic (exact) mass is 256 g/mol. The van der Waals surface area contributed by atoms with Crippen LogP contribution < -0.4 is 10.2 Å². The molecular formula is C15H20N4. The van der Waals surface area contributed by atoms with Gasteiger partial charge in [-0.3, -0.25) is 0 Å². The molecule has 1 aliphatic rings. The van der Waals surface area contributed by atoms with E-state index in [1.54, 1.807) is 0 Å². The maximum absolute atomic E-state index is 4.20. The third-order valence-corrected chi connectivity index (χ3v) is 3.85. The van der Waals surface area contributed by atoms with Crippen LogP contribution in [0.15, 0.2) is 30.5 Å². The van der Waals surface area contributed by atoms with E-state index in [9.17, 15) is 0 Å². The Morgan fingerprint density at radius 2 is 2.26 bits per heavy atom. The molecule has 3 rings (SSSR count). The van der Waals surface area contributed by atoms with Crippen molar-refractivity contribution < 1.29 is 0 Å². The van der Waals surface area contributed by atoms with Gasteiger partial charge >= 0.3 is 0 Å². The first-order valence-corrected chi connectivity index (χ1v) is 7.07. The molecule has 0 radical (unpaired) electrons. The summed E-state index contributed by atoms with van der Waals surface area (Å²) < 4.78 is 0. The Kier molecular flexibility index (Phi) is 3.60. The van der Waals surface area contributed by atoms with E-state index >= 15 is 0 Å². The van der Waals surface area contributed by atoms with E-state index < -0.39 is 0 Å². The summed E-state index contributed by atoms with van der Waals surface area (Å²) in [7, 11) is 0. The molecule has 0 amide bonds. The van der Waals surface area contributed by atoms with Crippen molar-refractivity contribution in [3.05, 3.63) is 30.5 Å². The van der Waals surface area contributed by atoms with Gasteiger partial charge in [-0.05, 0) is 32.4 Å². The van der Waals surface area contributed by atoms with Crippen molar-refractivity contribution in [3.63, 3.8) is 0 Å². The van der Waals surface area contributed by atoms with Crippen LogP contribution in [0.3, 0.4) is 0 Å². The van der Waals surface area contributed by atoms with Gasteiger partial charge in [0.1, 0.15) is 0 Å². The van der Waals surface area contributed by atoms with E-state index in [4.69, 9.17) is 0 Å². The Morgan fingerprint density at radius 1 is 1.37 bits per heavy atom. The van der Waals surface area contributed by atoms with Crippen molar-refractivity contribution >= 4 is 16.6 Å². The van der Waals surface area contributed by atoms with Crippen molar-refractivity contribution in [2.45, 2.75) is 25.8 Å². The average molecular weight is 256 g/mol. The standard InChI is InChI=1S/C15H20N4/c1-2-19(11-12-6-5-9-16-12)15-10-17-18-14-8-4-3-7-13(14)15/h3-4,7-8,10,12,16H,2,5-6,9,11H2,1H3. The van der Waals surface area contributed by atoms with E-state index in [1.807, 2.05) is 18.3 Å². The van der Waals surface area contributed by atoms with Gasteiger partial charge in [0.2, 0.25) is 0 Å². The molecule has 1 fully saturated rings. The van der Waals surface area contributed by atoms with Gasteiger partial charge in [-0.1, -0.05) is 18.2 Å². The largest absolute Gasteiger partial charge is 0.368 e. The molecule has 19 heavy (non-hydrogen) atoms. The van der Waals surface area contributed by atoms with Crippen LogP contribution in [-0.2, 0) is 0 Å². The molecule has 0 spiro atoms. The van der Waals surface area contributed by atoms with Gasteiger partial charge < -0.3 is 10.2 Å². The molecule has 1 aliphatic heterocycles. The number of nitrogens with zero attached hydrogens (tertiary/aromatic N) is 3. The van der Waals surface area contributed by atoms with Crippen LogP contribution in [0.25, 0.3) is 10.9 Å². The number of fused-ring (bicyclic) bond motifs is 1. The van der Waals surface area contributed by atoms with Crippen molar-refractivity contribution in [1.82, 2.24) is 15.5 Å². The highest BCUT2D eigenvalue weighted by Crippen LogP contribution is 2.24. The van der Waals surface area contributed by atoms with Crippen molar-refractivity contribution in [3.8, 4) is 0 Å². The second-order valence-corrected chi connectivity index (χ2v) is 5.08. The van der Waals surface area contributed by atoms with E-state index in [-0.39, 0.29) is 0 Å². The number of anilines is 1. The molecule has 1 aromatic heterocycles. The van der Waals surface area contributed by atoms with E-state index in [0.29, 0.717) is 6.04 Å². The summed E-state index contributed by atoms with van der Waals surface area (Å²) in [5, 5.41) is 13.1. The van der Waals surface area contributed by atoms with Gasteiger partial charge in [0.15, 0.2) is 0 Å². The minimum Gasteiger partial charge on any atom is -0.368 e. The third-order valence-electron chi connectivity index (χ3n) is 3.85. The lowest BCUT2D eigenvalue weighted by Gasteiger charge is -2.27. The Morgan fingerprint density at radius 3 is 3.05 bits per heavy atom. The number of hydrogen-bond donors (Lipinski definition) is 1. The zero-order valence-corrected chi connectivity index (χ0v) is 11.3. The van der Waals surface area contributed by atoms with Gasteiger partial charge in [0.25, 0.3) is 0 Å². The Bertz CT molecular complexity index is 543. The fourth-order valence-corrected chi connectivity index (χ4v) is 2.82. The fourth-order valence-electron chi connectivity index (χ4n) is 2.82. The molecule has 100 valence electrons. The minimum atomic E-state index is 0.604. The van der Waals surface area contributed by atoms with Gasteiger partial charge in [0.05, 0.1) is 17.4 Å². The zero-order valence-electron chi connectivity index (χ0n) is 11.3. The number of likely N-dealkylation sites (N-methyl/N-ethyl adjacent to an activating group) is 1. The molecule has 1 saturated heterocycles. The highest BCUT2D eigenvalue weighted by Gasteiger charge is 2.18. The van der Waals surface area contributed by atoms with Crippen LogP contribution >= 0.6 is 0 Å². The van der Waals surface area contributed by atoms with Crippen molar-refractivity contribution in [2.75, 3.05) is 24.5 Å². The second-order valence-electron chi connectivity index (χ2n) is 5.08. The van der Waals surface area contributed by atoms with E-state index in [1.165, 1.54) is 23.9 Å². The lowest BCUT2D eigenvalue weighted by molar-refractivity contribution is 0.587. The van der Waals surface area contributed by atoms with Crippen LogP contribution in [0.2, 0.25) is 0 Å².